The maximum atomic E-state index is 12.4. The molecule has 2 rings (SSSR count). The third-order valence-corrected chi connectivity index (χ3v) is 4.54. The number of hydrogen-bond acceptors (Lipinski definition) is 4. The minimum absolute atomic E-state index is 0.103. The van der Waals surface area contributed by atoms with Gasteiger partial charge in [-0.15, -0.1) is 0 Å². The molecule has 5 heteroatoms. The second kappa shape index (κ2) is 8.46. The van der Waals surface area contributed by atoms with Crippen molar-refractivity contribution < 1.29 is 4.79 Å². The predicted octanol–water partition coefficient (Wildman–Crippen LogP) is 2.37. The van der Waals surface area contributed by atoms with Gasteiger partial charge in [0.25, 0.3) is 0 Å². The Balaban J connectivity index is 1.88. The van der Waals surface area contributed by atoms with Gasteiger partial charge in [0.15, 0.2) is 0 Å². The zero-order chi connectivity index (χ0) is 18.4. The van der Waals surface area contributed by atoms with Crippen molar-refractivity contribution in [2.24, 2.45) is 0 Å². The quantitative estimate of drug-likeness (QED) is 0.913. The van der Waals surface area contributed by atoms with Crippen LogP contribution in [0, 0.1) is 11.3 Å². The van der Waals surface area contributed by atoms with E-state index in [-0.39, 0.29) is 17.5 Å². The van der Waals surface area contributed by atoms with E-state index in [1.54, 1.807) is 0 Å². The number of benzene rings is 1. The van der Waals surface area contributed by atoms with Gasteiger partial charge < -0.3 is 5.32 Å². The van der Waals surface area contributed by atoms with Crippen molar-refractivity contribution in [3.05, 3.63) is 35.4 Å². The molecule has 1 heterocycles. The second-order valence-electron chi connectivity index (χ2n) is 7.89. The summed E-state index contributed by atoms with van der Waals surface area (Å²) in [5.41, 5.74) is 1.73. The Labute approximate surface area is 151 Å². The fraction of sp³-hybridized carbons (Fsp3) is 0.600. The zero-order valence-corrected chi connectivity index (χ0v) is 15.9. The summed E-state index contributed by atoms with van der Waals surface area (Å²) < 4.78 is 0. The molecule has 1 unspecified atom stereocenters. The molecule has 136 valence electrons. The minimum atomic E-state index is -0.196. The SMILES string of the molecule is CC(C(=O)NC(C)(C)C)N1CCCN(Cc2ccc(C#N)cc2)CC1. The van der Waals surface area contributed by atoms with Crippen molar-refractivity contribution in [2.75, 3.05) is 26.2 Å². The van der Waals surface area contributed by atoms with E-state index in [1.807, 2.05) is 52.0 Å². The van der Waals surface area contributed by atoms with Gasteiger partial charge in [-0.25, -0.2) is 0 Å². The van der Waals surface area contributed by atoms with E-state index >= 15 is 0 Å². The molecule has 0 spiro atoms. The van der Waals surface area contributed by atoms with Crippen LogP contribution < -0.4 is 5.32 Å². The van der Waals surface area contributed by atoms with Gasteiger partial charge in [-0.2, -0.15) is 5.26 Å². The highest BCUT2D eigenvalue weighted by Crippen LogP contribution is 2.12. The lowest BCUT2D eigenvalue weighted by atomic mass is 10.1. The fourth-order valence-corrected chi connectivity index (χ4v) is 3.12. The summed E-state index contributed by atoms with van der Waals surface area (Å²) in [4.78, 5) is 17.1. The average molecular weight is 342 g/mol. The maximum absolute atomic E-state index is 12.4. The molecule has 1 aromatic rings. The highest BCUT2D eigenvalue weighted by atomic mass is 16.2. The average Bonchev–Trinajstić information content (AvgIpc) is 2.79. The Morgan fingerprint density at radius 1 is 1.20 bits per heavy atom. The number of carbonyl (C=O) groups excluding carboxylic acids is 1. The van der Waals surface area contributed by atoms with Gasteiger partial charge in [0.05, 0.1) is 17.7 Å². The largest absolute Gasteiger partial charge is 0.350 e. The lowest BCUT2D eigenvalue weighted by Crippen LogP contribution is -2.51. The Morgan fingerprint density at radius 3 is 2.48 bits per heavy atom. The van der Waals surface area contributed by atoms with Crippen molar-refractivity contribution in [3.63, 3.8) is 0 Å². The maximum Gasteiger partial charge on any atom is 0.237 e. The lowest BCUT2D eigenvalue weighted by molar-refractivity contribution is -0.127. The first-order valence-electron chi connectivity index (χ1n) is 9.06. The second-order valence-corrected chi connectivity index (χ2v) is 7.89. The number of amides is 1. The summed E-state index contributed by atoms with van der Waals surface area (Å²) in [6, 6.07) is 9.86. The molecule has 1 aliphatic rings. The van der Waals surface area contributed by atoms with Gasteiger partial charge in [-0.3, -0.25) is 14.6 Å². The third-order valence-electron chi connectivity index (χ3n) is 4.54. The summed E-state index contributed by atoms with van der Waals surface area (Å²) in [6.45, 7) is 12.8. The number of nitriles is 1. The highest BCUT2D eigenvalue weighted by Gasteiger charge is 2.26. The van der Waals surface area contributed by atoms with Crippen molar-refractivity contribution in [2.45, 2.75) is 52.2 Å². The standard InChI is InChI=1S/C20H30N4O/c1-16(19(25)22-20(2,3)4)24-11-5-10-23(12-13-24)15-18-8-6-17(14-21)7-9-18/h6-9,16H,5,10-13,15H2,1-4H3,(H,22,25). The first-order valence-corrected chi connectivity index (χ1v) is 9.06. The van der Waals surface area contributed by atoms with Gasteiger partial charge in [0, 0.05) is 31.7 Å². The molecule has 1 N–H and O–H groups in total. The fourth-order valence-electron chi connectivity index (χ4n) is 3.12. The van der Waals surface area contributed by atoms with Crippen LogP contribution in [0.2, 0.25) is 0 Å². The van der Waals surface area contributed by atoms with Gasteiger partial charge in [-0.05, 0) is 58.4 Å². The summed E-state index contributed by atoms with van der Waals surface area (Å²) in [5, 5.41) is 12.0. The zero-order valence-electron chi connectivity index (χ0n) is 15.9. The molecule has 0 saturated carbocycles. The van der Waals surface area contributed by atoms with Crippen molar-refractivity contribution >= 4 is 5.91 Å². The van der Waals surface area contributed by atoms with Crippen LogP contribution in [0.4, 0.5) is 0 Å². The van der Waals surface area contributed by atoms with Crippen LogP contribution in [0.5, 0.6) is 0 Å². The molecule has 1 fully saturated rings. The van der Waals surface area contributed by atoms with E-state index in [4.69, 9.17) is 5.26 Å². The molecule has 0 aromatic heterocycles. The van der Waals surface area contributed by atoms with Gasteiger partial charge in [0.1, 0.15) is 0 Å². The summed E-state index contributed by atoms with van der Waals surface area (Å²) >= 11 is 0. The highest BCUT2D eigenvalue weighted by molar-refractivity contribution is 5.81. The Hall–Kier alpha value is -1.90. The number of nitrogens with zero attached hydrogens (tertiary/aromatic N) is 3. The first-order chi connectivity index (χ1) is 11.8. The molecule has 0 aliphatic carbocycles. The van der Waals surface area contributed by atoms with Crippen LogP contribution in [-0.2, 0) is 11.3 Å². The topological polar surface area (TPSA) is 59.4 Å². The van der Waals surface area contributed by atoms with E-state index in [0.29, 0.717) is 5.56 Å². The Morgan fingerprint density at radius 2 is 1.88 bits per heavy atom. The molecular weight excluding hydrogens is 312 g/mol. The van der Waals surface area contributed by atoms with Gasteiger partial charge in [-0.1, -0.05) is 12.1 Å². The van der Waals surface area contributed by atoms with E-state index in [0.717, 1.165) is 39.1 Å². The lowest BCUT2D eigenvalue weighted by Gasteiger charge is -2.30. The molecule has 1 aliphatic heterocycles. The number of carbonyl (C=O) groups is 1. The van der Waals surface area contributed by atoms with E-state index in [1.165, 1.54) is 5.56 Å². The van der Waals surface area contributed by atoms with Crippen molar-refractivity contribution in [1.29, 1.82) is 5.26 Å². The molecule has 1 amide bonds. The molecule has 5 nitrogen and oxygen atoms in total. The molecule has 25 heavy (non-hydrogen) atoms. The summed E-state index contributed by atoms with van der Waals surface area (Å²) in [7, 11) is 0. The van der Waals surface area contributed by atoms with Crippen LogP contribution in [0.3, 0.4) is 0 Å². The normalized spacial score (nSPS) is 18.2. The first kappa shape index (κ1) is 19.4. The predicted molar refractivity (Wildman–Crippen MR) is 100.0 cm³/mol. The third kappa shape index (κ3) is 6.15. The van der Waals surface area contributed by atoms with Crippen LogP contribution in [0.25, 0.3) is 0 Å². The van der Waals surface area contributed by atoms with Crippen molar-refractivity contribution in [3.8, 4) is 6.07 Å². The monoisotopic (exact) mass is 342 g/mol. The van der Waals surface area contributed by atoms with Crippen molar-refractivity contribution in [1.82, 2.24) is 15.1 Å². The molecule has 1 aromatic carbocycles. The number of hydrogen-bond donors (Lipinski definition) is 1. The van der Waals surface area contributed by atoms with E-state index < -0.39 is 0 Å². The Kier molecular flexibility index (Phi) is 6.57. The van der Waals surface area contributed by atoms with Crippen LogP contribution in [0.1, 0.15) is 45.2 Å². The number of rotatable bonds is 4. The van der Waals surface area contributed by atoms with Crippen LogP contribution >= 0.6 is 0 Å². The molecule has 0 bridgehead atoms. The van der Waals surface area contributed by atoms with Gasteiger partial charge in [0.2, 0.25) is 5.91 Å². The minimum Gasteiger partial charge on any atom is -0.350 e. The van der Waals surface area contributed by atoms with E-state index in [9.17, 15) is 4.79 Å². The smallest absolute Gasteiger partial charge is 0.237 e. The molecule has 1 saturated heterocycles. The summed E-state index contributed by atoms with van der Waals surface area (Å²) in [5.74, 6) is 0.105. The number of nitrogens with one attached hydrogen (secondary N) is 1. The van der Waals surface area contributed by atoms with Crippen LogP contribution in [-0.4, -0.2) is 53.5 Å². The van der Waals surface area contributed by atoms with Gasteiger partial charge >= 0.3 is 0 Å². The summed E-state index contributed by atoms with van der Waals surface area (Å²) in [6.07, 6.45) is 1.06. The molecule has 1 atom stereocenters. The molecular formula is C20H30N4O. The van der Waals surface area contributed by atoms with Crippen LogP contribution in [0.15, 0.2) is 24.3 Å². The van der Waals surface area contributed by atoms with E-state index in [2.05, 4.69) is 21.2 Å². The Bertz CT molecular complexity index is 612. The molecule has 0 radical (unpaired) electrons.